The largest absolute Gasteiger partial charge is 0.437 e. The summed E-state index contributed by atoms with van der Waals surface area (Å²) in [5.74, 6) is 0. The minimum Gasteiger partial charge on any atom is -0.437 e. The van der Waals surface area contributed by atoms with Gasteiger partial charge in [0.05, 0.1) is 13.2 Å². The lowest BCUT2D eigenvalue weighted by Gasteiger charge is -2.38. The van der Waals surface area contributed by atoms with Gasteiger partial charge in [-0.15, -0.1) is 0 Å². The van der Waals surface area contributed by atoms with Crippen LogP contribution >= 0.6 is 0 Å². The first-order chi connectivity index (χ1) is 27.4. The average Bonchev–Trinajstić information content (AvgIpc) is 2.99. The molecule has 0 aromatic rings. The molecule has 0 heterocycles. The molecule has 0 aliphatic carbocycles. The Morgan fingerprint density at radius 1 is 0.295 bits per heavy atom. The van der Waals surface area contributed by atoms with E-state index >= 15 is 0 Å². The molecule has 0 aliphatic heterocycles. The molecular formula is C41H102O11Si9. The monoisotopic (exact) mass is 1020 g/mol. The van der Waals surface area contributed by atoms with Crippen LogP contribution in [-0.4, -0.2) is 137 Å². The second-order valence-electron chi connectivity index (χ2n) is 23.6. The van der Waals surface area contributed by atoms with Gasteiger partial charge in [-0.05, 0) is 175 Å². The van der Waals surface area contributed by atoms with Crippen molar-refractivity contribution in [2.45, 2.75) is 232 Å². The van der Waals surface area contributed by atoms with Crippen molar-refractivity contribution >= 4 is 75.6 Å². The lowest BCUT2D eigenvalue weighted by molar-refractivity contribution is -0.160. The van der Waals surface area contributed by atoms with E-state index < -0.39 is 93.9 Å². The normalized spacial score (nSPS) is 16.0. The molecule has 0 amide bonds. The van der Waals surface area contributed by atoms with Crippen LogP contribution in [0.25, 0.3) is 0 Å². The third-order valence-electron chi connectivity index (χ3n) is 9.03. The Kier molecular flexibility index (Phi) is 28.2. The van der Waals surface area contributed by atoms with Crippen molar-refractivity contribution in [2.75, 3.05) is 33.0 Å². The minimum absolute atomic E-state index is 0.215. The SMILES string of the molecule is C[Si](C)(C)O[Si](C)(CCCCCOC(CO)C(OCCCCC[Si](C)(O[Si](C)(C)C)O[Si](C)(C)C)C(CO)OCCCCC[Si](C)(O[Si](C)(C)C)O[Si](C)(C)C)O[Si](C)(C)C. The molecule has 0 aliphatic rings. The molecule has 0 bridgehead atoms. The van der Waals surface area contributed by atoms with Crippen molar-refractivity contribution in [3.8, 4) is 0 Å². The summed E-state index contributed by atoms with van der Waals surface area (Å²) in [7, 11) is -17.4. The summed E-state index contributed by atoms with van der Waals surface area (Å²) in [4.78, 5) is 0. The third kappa shape index (κ3) is 34.5. The van der Waals surface area contributed by atoms with Crippen LogP contribution in [0.15, 0.2) is 0 Å². The second-order valence-corrected chi connectivity index (χ2v) is 62.2. The van der Waals surface area contributed by atoms with E-state index in [-0.39, 0.29) is 13.2 Å². The van der Waals surface area contributed by atoms with Gasteiger partial charge in [0, 0.05) is 19.8 Å². The van der Waals surface area contributed by atoms with Gasteiger partial charge in [0.25, 0.3) is 0 Å². The number of ether oxygens (including phenoxy) is 3. The van der Waals surface area contributed by atoms with Crippen LogP contribution in [0.4, 0.5) is 0 Å². The van der Waals surface area contributed by atoms with E-state index in [1.807, 2.05) is 0 Å². The summed E-state index contributed by atoms with van der Waals surface area (Å²) in [6, 6.07) is 2.89. The lowest BCUT2D eigenvalue weighted by atomic mass is 10.1. The van der Waals surface area contributed by atoms with Gasteiger partial charge in [-0.2, -0.15) is 0 Å². The molecule has 0 saturated heterocycles. The second kappa shape index (κ2) is 27.5. The highest BCUT2D eigenvalue weighted by atomic mass is 28.5. The summed E-state index contributed by atoms with van der Waals surface area (Å²) in [5, 5.41) is 21.3. The van der Waals surface area contributed by atoms with Crippen molar-refractivity contribution < 1.29 is 49.1 Å². The van der Waals surface area contributed by atoms with Gasteiger partial charge < -0.3 is 49.1 Å². The van der Waals surface area contributed by atoms with Crippen LogP contribution in [0.5, 0.6) is 0 Å². The van der Waals surface area contributed by atoms with Gasteiger partial charge in [-0.25, -0.2) is 0 Å². The summed E-state index contributed by atoms with van der Waals surface area (Å²) in [6.07, 6.45) is 6.69. The van der Waals surface area contributed by atoms with E-state index in [1.54, 1.807) is 0 Å². The van der Waals surface area contributed by atoms with E-state index in [2.05, 4.69) is 137 Å². The fraction of sp³-hybridized carbons (Fsp3) is 1.00. The fourth-order valence-electron chi connectivity index (χ4n) is 8.08. The molecule has 0 aromatic heterocycles. The Bertz CT molecular complexity index is 1060. The molecule has 2 atom stereocenters. The molecule has 0 spiro atoms. The standard InChI is InChI=1S/C41H102O11Si9/c1-53(2,3)47-59(19,48-54(4,5)6)34-28-22-25-31-44-39(37-42)41(46-33-27-24-30-36-61(21,51-57(13,14)15)52-58(16,17)18)40(38-43)45-32-26-23-29-35-60(20,49-55(7,8)9)50-56(10,11)12/h39-43H,22-38H2,1-21H3. The van der Waals surface area contributed by atoms with Crippen molar-refractivity contribution in [3.05, 3.63) is 0 Å². The van der Waals surface area contributed by atoms with Crippen LogP contribution in [0.1, 0.15) is 57.8 Å². The number of aliphatic hydroxyl groups is 2. The predicted octanol–water partition coefficient (Wildman–Crippen LogP) is 12.0. The Labute approximate surface area is 387 Å². The molecule has 0 fully saturated rings. The van der Waals surface area contributed by atoms with Gasteiger partial charge in [-0.1, -0.05) is 38.5 Å². The van der Waals surface area contributed by atoms with E-state index in [0.29, 0.717) is 19.8 Å². The first-order valence-electron chi connectivity index (χ1n) is 23.7. The maximum Gasteiger partial charge on any atom is 0.314 e. The van der Waals surface area contributed by atoms with Crippen LogP contribution in [-0.2, 0) is 38.9 Å². The predicted molar refractivity (Wildman–Crippen MR) is 281 cm³/mol. The Balaban J connectivity index is 5.66. The van der Waals surface area contributed by atoms with E-state index in [4.69, 9.17) is 38.9 Å². The van der Waals surface area contributed by atoms with Gasteiger partial charge in [0.15, 0.2) is 49.9 Å². The van der Waals surface area contributed by atoms with Crippen molar-refractivity contribution in [3.63, 3.8) is 0 Å². The zero-order valence-electron chi connectivity index (χ0n) is 43.8. The quantitative estimate of drug-likeness (QED) is 0.0457. The van der Waals surface area contributed by atoms with Gasteiger partial charge >= 0.3 is 25.7 Å². The van der Waals surface area contributed by atoms with Crippen LogP contribution < -0.4 is 0 Å². The van der Waals surface area contributed by atoms with Gasteiger partial charge in [0.1, 0.15) is 18.3 Å². The molecule has 0 saturated carbocycles. The number of hydrogen-bond acceptors (Lipinski definition) is 11. The maximum atomic E-state index is 10.7. The molecule has 0 aromatic carbocycles. The van der Waals surface area contributed by atoms with E-state index in [1.165, 1.54) is 0 Å². The minimum atomic E-state index is -2.30. The Hall–Kier alpha value is 1.51. The smallest absolute Gasteiger partial charge is 0.314 e. The number of aliphatic hydroxyl groups excluding tert-OH is 2. The average molecular weight is 1020 g/mol. The Morgan fingerprint density at radius 3 is 0.705 bits per heavy atom. The van der Waals surface area contributed by atoms with Crippen molar-refractivity contribution in [1.29, 1.82) is 0 Å². The number of rotatable bonds is 37. The summed E-state index contributed by atoms with van der Waals surface area (Å²) in [5.41, 5.74) is 0. The van der Waals surface area contributed by atoms with E-state index in [9.17, 15) is 10.2 Å². The van der Waals surface area contributed by atoms with Crippen molar-refractivity contribution in [2.24, 2.45) is 0 Å². The lowest BCUT2D eigenvalue weighted by Crippen LogP contribution is -2.52. The van der Waals surface area contributed by atoms with Gasteiger partial charge in [0.2, 0.25) is 0 Å². The van der Waals surface area contributed by atoms with Crippen LogP contribution in [0.2, 0.25) is 156 Å². The highest BCUT2D eigenvalue weighted by Gasteiger charge is 2.42. The number of unbranched alkanes of at least 4 members (excludes halogenated alkanes) is 6. The Morgan fingerprint density at radius 2 is 0.508 bits per heavy atom. The molecule has 20 heteroatoms. The molecular weight excluding hydrogens is 921 g/mol. The summed E-state index contributed by atoms with van der Waals surface area (Å²) in [6.45, 7) is 48.2. The van der Waals surface area contributed by atoms with Gasteiger partial charge in [-0.3, -0.25) is 0 Å². The van der Waals surface area contributed by atoms with Crippen LogP contribution in [0, 0.1) is 0 Å². The highest BCUT2D eigenvalue weighted by molar-refractivity contribution is 6.89. The first-order valence-corrected chi connectivity index (χ1v) is 51.7. The highest BCUT2D eigenvalue weighted by Crippen LogP contribution is 2.29. The summed E-state index contributed by atoms with van der Waals surface area (Å²) >= 11 is 0. The third-order valence-corrected chi connectivity index (χ3v) is 37.9. The zero-order chi connectivity index (χ0) is 47.6. The molecule has 0 rings (SSSR count). The topological polar surface area (TPSA) is 124 Å². The molecule has 2 N–H and O–H groups in total. The summed E-state index contributed by atoms with van der Waals surface area (Å²) < 4.78 is 59.6. The molecule has 368 valence electrons. The van der Waals surface area contributed by atoms with Crippen molar-refractivity contribution in [1.82, 2.24) is 0 Å². The zero-order valence-corrected chi connectivity index (χ0v) is 52.8. The van der Waals surface area contributed by atoms with Crippen LogP contribution in [0.3, 0.4) is 0 Å². The molecule has 11 nitrogen and oxygen atoms in total. The fourth-order valence-corrected chi connectivity index (χ4v) is 45.9. The molecule has 2 unspecified atom stereocenters. The maximum absolute atomic E-state index is 10.7. The molecule has 61 heavy (non-hydrogen) atoms. The molecule has 0 radical (unpaired) electrons. The first kappa shape index (κ1) is 62.5. The number of hydrogen-bond donors (Lipinski definition) is 2. The van der Waals surface area contributed by atoms with E-state index in [0.717, 1.165) is 75.9 Å².